The molecule has 2 fully saturated rings. The third-order valence-corrected chi connectivity index (χ3v) is 6.74. The number of alkyl halides is 3. The zero-order chi connectivity index (χ0) is 26.1. The number of hydrogen-bond donors (Lipinski definition) is 0. The SMILES string of the molecule is CC(C)(C)OC(=O)N1CCC(c2nc(-c3ccc(F)c(C(F)(F)F)c3)cn2CCN2CCCC2)CC1. The second kappa shape index (κ2) is 10.4. The van der Waals surface area contributed by atoms with Crippen LogP contribution >= 0.6 is 0 Å². The Kier molecular flexibility index (Phi) is 7.64. The van der Waals surface area contributed by atoms with E-state index in [-0.39, 0.29) is 17.6 Å². The molecule has 0 radical (unpaired) electrons. The lowest BCUT2D eigenvalue weighted by Gasteiger charge is -2.33. The molecule has 1 aromatic heterocycles. The number of rotatable bonds is 5. The first-order chi connectivity index (χ1) is 16.9. The van der Waals surface area contributed by atoms with E-state index in [2.05, 4.69) is 4.90 Å². The number of ether oxygens (including phenoxy) is 1. The van der Waals surface area contributed by atoms with E-state index < -0.39 is 23.2 Å². The van der Waals surface area contributed by atoms with Gasteiger partial charge >= 0.3 is 12.3 Å². The molecule has 3 heterocycles. The number of benzene rings is 1. The molecule has 0 aliphatic carbocycles. The monoisotopic (exact) mass is 510 g/mol. The zero-order valence-electron chi connectivity index (χ0n) is 21.1. The zero-order valence-corrected chi connectivity index (χ0v) is 21.1. The number of hydrogen-bond acceptors (Lipinski definition) is 4. The minimum Gasteiger partial charge on any atom is -0.444 e. The number of carbonyl (C=O) groups is 1. The molecule has 6 nitrogen and oxygen atoms in total. The molecule has 198 valence electrons. The molecular weight excluding hydrogens is 476 g/mol. The normalized spacial score (nSPS) is 18.1. The van der Waals surface area contributed by atoms with Gasteiger partial charge in [0.2, 0.25) is 0 Å². The van der Waals surface area contributed by atoms with E-state index in [4.69, 9.17) is 9.72 Å². The quantitative estimate of drug-likeness (QED) is 0.469. The molecule has 0 spiro atoms. The molecule has 36 heavy (non-hydrogen) atoms. The molecule has 4 rings (SSSR count). The van der Waals surface area contributed by atoms with Crippen molar-refractivity contribution in [2.24, 2.45) is 0 Å². The highest BCUT2D eigenvalue weighted by Gasteiger charge is 2.35. The Morgan fingerprint density at radius 3 is 2.33 bits per heavy atom. The minimum absolute atomic E-state index is 0.0542. The van der Waals surface area contributed by atoms with Crippen molar-refractivity contribution in [1.29, 1.82) is 0 Å². The van der Waals surface area contributed by atoms with Crippen LogP contribution in [0.2, 0.25) is 0 Å². The molecule has 2 aliphatic heterocycles. The van der Waals surface area contributed by atoms with Crippen LogP contribution in [-0.2, 0) is 17.5 Å². The number of amides is 1. The fourth-order valence-corrected chi connectivity index (χ4v) is 4.88. The molecule has 10 heteroatoms. The van der Waals surface area contributed by atoms with Crippen molar-refractivity contribution in [3.05, 3.63) is 41.6 Å². The first kappa shape index (κ1) is 26.4. The summed E-state index contributed by atoms with van der Waals surface area (Å²) in [7, 11) is 0. The number of likely N-dealkylation sites (tertiary alicyclic amines) is 2. The van der Waals surface area contributed by atoms with Gasteiger partial charge in [-0.05, 0) is 77.7 Å². The van der Waals surface area contributed by atoms with Crippen LogP contribution in [0.3, 0.4) is 0 Å². The van der Waals surface area contributed by atoms with Crippen LogP contribution in [0.25, 0.3) is 11.3 Å². The largest absolute Gasteiger partial charge is 0.444 e. The fourth-order valence-electron chi connectivity index (χ4n) is 4.88. The van der Waals surface area contributed by atoms with Gasteiger partial charge in [-0.1, -0.05) is 0 Å². The van der Waals surface area contributed by atoms with Gasteiger partial charge in [0, 0.05) is 43.9 Å². The third kappa shape index (κ3) is 6.38. The van der Waals surface area contributed by atoms with Crippen molar-refractivity contribution >= 4 is 6.09 Å². The Balaban J connectivity index is 1.56. The number of piperidine rings is 1. The van der Waals surface area contributed by atoms with Gasteiger partial charge in [0.1, 0.15) is 17.2 Å². The van der Waals surface area contributed by atoms with Crippen LogP contribution in [-0.4, -0.2) is 63.8 Å². The van der Waals surface area contributed by atoms with Crippen LogP contribution in [0.4, 0.5) is 22.4 Å². The van der Waals surface area contributed by atoms with E-state index >= 15 is 0 Å². The predicted molar refractivity (Wildman–Crippen MR) is 128 cm³/mol. The van der Waals surface area contributed by atoms with Gasteiger partial charge in [-0.25, -0.2) is 14.2 Å². The first-order valence-corrected chi connectivity index (χ1v) is 12.6. The molecule has 0 unspecified atom stereocenters. The average molecular weight is 511 g/mol. The standard InChI is InChI=1S/C26H34F4N4O2/c1-25(2,3)36-24(35)33-12-8-18(9-13-33)23-31-22(17-34(23)15-14-32-10-4-5-11-32)19-6-7-21(27)20(16-19)26(28,29)30/h6-7,16-18H,4-5,8-15H2,1-3H3. The molecule has 2 saturated heterocycles. The van der Waals surface area contributed by atoms with Crippen LogP contribution in [0.15, 0.2) is 24.4 Å². The van der Waals surface area contributed by atoms with Gasteiger partial charge in [-0.2, -0.15) is 13.2 Å². The van der Waals surface area contributed by atoms with Crippen molar-refractivity contribution < 1.29 is 27.1 Å². The Hall–Kier alpha value is -2.62. The van der Waals surface area contributed by atoms with E-state index in [1.165, 1.54) is 18.9 Å². The Bertz CT molecular complexity index is 1060. The van der Waals surface area contributed by atoms with Gasteiger partial charge in [0.25, 0.3) is 0 Å². The first-order valence-electron chi connectivity index (χ1n) is 12.6. The summed E-state index contributed by atoms with van der Waals surface area (Å²) in [5.74, 6) is -0.445. The van der Waals surface area contributed by atoms with Crippen molar-refractivity contribution in [3.63, 3.8) is 0 Å². The molecule has 1 amide bonds. The molecule has 1 aromatic carbocycles. The predicted octanol–water partition coefficient (Wildman–Crippen LogP) is 5.92. The highest BCUT2D eigenvalue weighted by Crippen LogP contribution is 2.35. The lowest BCUT2D eigenvalue weighted by Crippen LogP contribution is -2.41. The molecule has 0 saturated carbocycles. The topological polar surface area (TPSA) is 50.6 Å². The number of halogens is 4. The average Bonchev–Trinajstić information content (AvgIpc) is 3.46. The summed E-state index contributed by atoms with van der Waals surface area (Å²) in [5, 5.41) is 0. The maximum absolute atomic E-state index is 13.9. The second-order valence-electron chi connectivity index (χ2n) is 10.7. The summed E-state index contributed by atoms with van der Waals surface area (Å²) >= 11 is 0. The summed E-state index contributed by atoms with van der Waals surface area (Å²) in [6, 6.07) is 3.02. The van der Waals surface area contributed by atoms with Crippen molar-refractivity contribution in [2.75, 3.05) is 32.7 Å². The molecule has 0 N–H and O–H groups in total. The van der Waals surface area contributed by atoms with Crippen LogP contribution in [0.1, 0.15) is 63.8 Å². The van der Waals surface area contributed by atoms with E-state index in [1.807, 2.05) is 25.3 Å². The van der Waals surface area contributed by atoms with Crippen LogP contribution < -0.4 is 0 Å². The second-order valence-corrected chi connectivity index (χ2v) is 10.7. The summed E-state index contributed by atoms with van der Waals surface area (Å²) in [5.41, 5.74) is -1.24. The summed E-state index contributed by atoms with van der Waals surface area (Å²) < 4.78 is 61.3. The highest BCUT2D eigenvalue weighted by atomic mass is 19.4. The lowest BCUT2D eigenvalue weighted by atomic mass is 9.96. The molecule has 0 bridgehead atoms. The lowest BCUT2D eigenvalue weighted by molar-refractivity contribution is -0.139. The Morgan fingerprint density at radius 1 is 1.06 bits per heavy atom. The smallest absolute Gasteiger partial charge is 0.419 e. The molecule has 0 atom stereocenters. The fraction of sp³-hybridized carbons (Fsp3) is 0.615. The van der Waals surface area contributed by atoms with Crippen molar-refractivity contribution in [1.82, 2.24) is 19.4 Å². The Labute approximate surface area is 209 Å². The summed E-state index contributed by atoms with van der Waals surface area (Å²) in [4.78, 5) is 21.3. The van der Waals surface area contributed by atoms with Gasteiger partial charge in [-0.3, -0.25) is 0 Å². The maximum Gasteiger partial charge on any atom is 0.419 e. The van der Waals surface area contributed by atoms with Gasteiger partial charge < -0.3 is 19.1 Å². The molecule has 2 aliphatic rings. The van der Waals surface area contributed by atoms with Gasteiger partial charge in [0.05, 0.1) is 11.3 Å². The van der Waals surface area contributed by atoms with Gasteiger partial charge in [-0.15, -0.1) is 0 Å². The number of nitrogens with zero attached hydrogens (tertiary/aromatic N) is 4. The van der Waals surface area contributed by atoms with Crippen molar-refractivity contribution in [2.45, 2.75) is 70.7 Å². The van der Waals surface area contributed by atoms with Gasteiger partial charge in [0.15, 0.2) is 0 Å². The van der Waals surface area contributed by atoms with E-state index in [1.54, 1.807) is 11.1 Å². The van der Waals surface area contributed by atoms with Crippen LogP contribution in [0.5, 0.6) is 0 Å². The third-order valence-electron chi connectivity index (χ3n) is 6.74. The van der Waals surface area contributed by atoms with E-state index in [9.17, 15) is 22.4 Å². The van der Waals surface area contributed by atoms with Crippen molar-refractivity contribution in [3.8, 4) is 11.3 Å². The number of imidazole rings is 1. The van der Waals surface area contributed by atoms with Crippen LogP contribution in [0, 0.1) is 5.82 Å². The molecule has 2 aromatic rings. The number of carbonyl (C=O) groups excluding carboxylic acids is 1. The van der Waals surface area contributed by atoms with E-state index in [0.29, 0.717) is 38.2 Å². The minimum atomic E-state index is -4.78. The maximum atomic E-state index is 13.9. The summed E-state index contributed by atoms with van der Waals surface area (Å²) in [6.07, 6.45) is 0.342. The Morgan fingerprint density at radius 2 is 1.72 bits per heavy atom. The van der Waals surface area contributed by atoms with E-state index in [0.717, 1.165) is 37.6 Å². The highest BCUT2D eigenvalue weighted by molar-refractivity contribution is 5.68. The number of aromatic nitrogens is 2. The summed E-state index contributed by atoms with van der Waals surface area (Å²) in [6.45, 7) is 10.1. The molecular formula is C26H34F4N4O2.